The van der Waals surface area contributed by atoms with Gasteiger partial charge in [0, 0.05) is 11.3 Å². The van der Waals surface area contributed by atoms with Gasteiger partial charge in [-0.2, -0.15) is 5.10 Å². The molecule has 24 heavy (non-hydrogen) atoms. The van der Waals surface area contributed by atoms with Crippen molar-refractivity contribution in [3.63, 3.8) is 0 Å². The van der Waals surface area contributed by atoms with Crippen LogP contribution in [0.1, 0.15) is 37.3 Å². The number of nitrogens with zero attached hydrogens (tertiary/aromatic N) is 3. The molecule has 0 radical (unpaired) electrons. The Hall–Kier alpha value is -1.39. The van der Waals surface area contributed by atoms with Gasteiger partial charge in [-0.15, -0.1) is 11.6 Å². The first-order valence-electron chi connectivity index (χ1n) is 8.69. The molecule has 0 bridgehead atoms. The molecular weight excluding hydrogens is 322 g/mol. The molecule has 1 heterocycles. The molecule has 3 rings (SSSR count). The van der Waals surface area contributed by atoms with Gasteiger partial charge < -0.3 is 5.11 Å². The molecule has 0 saturated heterocycles. The molecular formula is C19H26ClN3O. The van der Waals surface area contributed by atoms with Gasteiger partial charge >= 0.3 is 0 Å². The van der Waals surface area contributed by atoms with Crippen molar-refractivity contribution in [2.75, 3.05) is 5.88 Å². The summed E-state index contributed by atoms with van der Waals surface area (Å²) in [5.74, 6) is 0.641. The van der Waals surface area contributed by atoms with E-state index in [0.29, 0.717) is 12.4 Å². The number of rotatable bonds is 6. The number of aryl methyl sites for hydroxylation is 1. The van der Waals surface area contributed by atoms with Crippen molar-refractivity contribution in [1.82, 2.24) is 14.8 Å². The maximum Gasteiger partial charge on any atom is 0.137 e. The second-order valence-corrected chi connectivity index (χ2v) is 7.48. The average molecular weight is 348 g/mol. The minimum Gasteiger partial charge on any atom is -0.387 e. The van der Waals surface area contributed by atoms with Crippen LogP contribution in [0.2, 0.25) is 0 Å². The highest BCUT2D eigenvalue weighted by Gasteiger charge is 2.58. The van der Waals surface area contributed by atoms with Gasteiger partial charge in [-0.1, -0.05) is 36.8 Å². The normalized spacial score (nSPS) is 29.9. The number of aliphatic hydroxyl groups is 1. The molecule has 0 unspecified atom stereocenters. The van der Waals surface area contributed by atoms with Gasteiger partial charge in [0.05, 0.1) is 12.1 Å². The van der Waals surface area contributed by atoms with Gasteiger partial charge in [-0.25, -0.2) is 4.98 Å². The molecule has 1 aliphatic carbocycles. The lowest BCUT2D eigenvalue weighted by molar-refractivity contribution is -0.0983. The molecule has 3 atom stereocenters. The van der Waals surface area contributed by atoms with E-state index in [4.69, 9.17) is 11.6 Å². The van der Waals surface area contributed by atoms with E-state index in [-0.39, 0.29) is 11.3 Å². The van der Waals surface area contributed by atoms with Crippen LogP contribution in [0.5, 0.6) is 0 Å². The Kier molecular flexibility index (Phi) is 4.97. The Balaban J connectivity index is 1.90. The summed E-state index contributed by atoms with van der Waals surface area (Å²) in [5, 5.41) is 16.0. The predicted octanol–water partition coefficient (Wildman–Crippen LogP) is 3.61. The van der Waals surface area contributed by atoms with Crippen LogP contribution < -0.4 is 0 Å². The van der Waals surface area contributed by atoms with Crippen LogP contribution in [0.25, 0.3) is 0 Å². The van der Waals surface area contributed by atoms with Gasteiger partial charge in [0.25, 0.3) is 0 Å². The maximum atomic E-state index is 11.8. The zero-order chi connectivity index (χ0) is 17.2. The summed E-state index contributed by atoms with van der Waals surface area (Å²) in [6.07, 6.45) is 6.86. The van der Waals surface area contributed by atoms with Crippen LogP contribution >= 0.6 is 11.6 Å². The fourth-order valence-corrected chi connectivity index (χ4v) is 4.79. The Morgan fingerprint density at radius 1 is 1.33 bits per heavy atom. The van der Waals surface area contributed by atoms with E-state index in [1.165, 1.54) is 17.5 Å². The van der Waals surface area contributed by atoms with Gasteiger partial charge in [-0.05, 0) is 44.1 Å². The Bertz CT molecular complexity index is 652. The topological polar surface area (TPSA) is 50.9 Å². The van der Waals surface area contributed by atoms with Gasteiger partial charge in [0.2, 0.25) is 0 Å². The number of alkyl halides is 1. The molecule has 130 valence electrons. The molecule has 1 aromatic carbocycles. The zero-order valence-corrected chi connectivity index (χ0v) is 15.2. The highest BCUT2D eigenvalue weighted by atomic mass is 35.5. The lowest BCUT2D eigenvalue weighted by Gasteiger charge is -2.44. The molecule has 0 spiro atoms. The first kappa shape index (κ1) is 17.4. The molecule has 0 aliphatic heterocycles. The highest BCUT2D eigenvalue weighted by molar-refractivity contribution is 6.18. The largest absolute Gasteiger partial charge is 0.387 e. The third-order valence-corrected chi connectivity index (χ3v) is 6.48. The molecule has 1 N–H and O–H groups in total. The number of halogens is 1. The van der Waals surface area contributed by atoms with Gasteiger partial charge in [0.15, 0.2) is 0 Å². The summed E-state index contributed by atoms with van der Waals surface area (Å²) in [5.41, 5.74) is 1.38. The molecule has 2 aromatic rings. The van der Waals surface area contributed by atoms with E-state index < -0.39 is 5.60 Å². The van der Waals surface area contributed by atoms with E-state index in [9.17, 15) is 5.11 Å². The summed E-state index contributed by atoms with van der Waals surface area (Å²) >= 11 is 6.37. The van der Waals surface area contributed by atoms with Crippen molar-refractivity contribution in [1.29, 1.82) is 0 Å². The summed E-state index contributed by atoms with van der Waals surface area (Å²) in [6.45, 7) is 4.67. The first-order chi connectivity index (χ1) is 11.5. The lowest BCUT2D eigenvalue weighted by Crippen LogP contribution is -2.53. The quantitative estimate of drug-likeness (QED) is 0.812. The molecule has 5 heteroatoms. The summed E-state index contributed by atoms with van der Waals surface area (Å²) in [7, 11) is 0. The van der Waals surface area contributed by atoms with Crippen molar-refractivity contribution in [3.8, 4) is 0 Å². The van der Waals surface area contributed by atoms with E-state index in [1.54, 1.807) is 11.0 Å². The van der Waals surface area contributed by atoms with Gasteiger partial charge in [0.1, 0.15) is 12.7 Å². The standard InChI is InChI=1S/C19H26ClN3O/c1-3-18(11-20)9-8-17(10-16-6-4-15(2)5-7-16)19(18,24)12-23-14-21-13-22-23/h4-7,13-14,17,24H,3,8-12H2,1-2H3/t17-,18+,19+/m1/s1. The summed E-state index contributed by atoms with van der Waals surface area (Å²) in [4.78, 5) is 4.02. The van der Waals surface area contributed by atoms with Crippen LogP contribution in [0, 0.1) is 18.3 Å². The van der Waals surface area contributed by atoms with Crippen LogP contribution in [0.4, 0.5) is 0 Å². The fraction of sp³-hybridized carbons (Fsp3) is 0.579. The number of benzene rings is 1. The smallest absolute Gasteiger partial charge is 0.137 e. The van der Waals surface area contributed by atoms with E-state index >= 15 is 0 Å². The fourth-order valence-electron chi connectivity index (χ4n) is 4.24. The Morgan fingerprint density at radius 3 is 2.67 bits per heavy atom. The number of hydrogen-bond donors (Lipinski definition) is 1. The second kappa shape index (κ2) is 6.85. The molecule has 1 saturated carbocycles. The van der Waals surface area contributed by atoms with Crippen LogP contribution in [-0.4, -0.2) is 31.4 Å². The minimum atomic E-state index is -0.873. The maximum absolute atomic E-state index is 11.8. The van der Waals surface area contributed by atoms with Crippen molar-refractivity contribution < 1.29 is 5.11 Å². The van der Waals surface area contributed by atoms with Crippen LogP contribution in [0.15, 0.2) is 36.9 Å². The third kappa shape index (κ3) is 2.98. The summed E-state index contributed by atoms with van der Waals surface area (Å²) in [6, 6.07) is 8.60. The molecule has 0 amide bonds. The lowest BCUT2D eigenvalue weighted by atomic mass is 9.69. The molecule has 1 aliphatic rings. The van der Waals surface area contributed by atoms with Gasteiger partial charge in [-0.3, -0.25) is 4.68 Å². The Morgan fingerprint density at radius 2 is 2.08 bits per heavy atom. The molecule has 1 fully saturated rings. The van der Waals surface area contributed by atoms with Crippen molar-refractivity contribution >= 4 is 11.6 Å². The third-order valence-electron chi connectivity index (χ3n) is 5.97. The van der Waals surface area contributed by atoms with E-state index in [1.807, 2.05) is 0 Å². The Labute approximate surface area is 148 Å². The molecule has 4 nitrogen and oxygen atoms in total. The van der Waals surface area contributed by atoms with Crippen molar-refractivity contribution in [2.24, 2.45) is 11.3 Å². The highest BCUT2D eigenvalue weighted by Crippen LogP contribution is 2.54. The van der Waals surface area contributed by atoms with Crippen LogP contribution in [-0.2, 0) is 13.0 Å². The van der Waals surface area contributed by atoms with E-state index in [0.717, 1.165) is 25.7 Å². The first-order valence-corrected chi connectivity index (χ1v) is 9.23. The monoisotopic (exact) mass is 347 g/mol. The van der Waals surface area contributed by atoms with Crippen molar-refractivity contribution in [3.05, 3.63) is 48.0 Å². The van der Waals surface area contributed by atoms with Crippen molar-refractivity contribution in [2.45, 2.75) is 51.7 Å². The average Bonchev–Trinajstić information content (AvgIpc) is 3.17. The molecule has 1 aromatic heterocycles. The number of aromatic nitrogens is 3. The second-order valence-electron chi connectivity index (χ2n) is 7.21. The SMILES string of the molecule is CC[C@@]1(CCl)CC[C@H](Cc2ccc(C)cc2)[C@@]1(O)Cn1cncn1. The summed E-state index contributed by atoms with van der Waals surface area (Å²) < 4.78 is 1.74. The zero-order valence-electron chi connectivity index (χ0n) is 14.5. The number of hydrogen-bond acceptors (Lipinski definition) is 3. The predicted molar refractivity (Wildman–Crippen MR) is 96.0 cm³/mol. The van der Waals surface area contributed by atoms with E-state index in [2.05, 4.69) is 48.2 Å². The van der Waals surface area contributed by atoms with Crippen LogP contribution in [0.3, 0.4) is 0 Å². The minimum absolute atomic E-state index is 0.170.